The summed E-state index contributed by atoms with van der Waals surface area (Å²) in [6.07, 6.45) is 5.71. The summed E-state index contributed by atoms with van der Waals surface area (Å²) in [6, 6.07) is 5.66. The molecule has 1 amide bonds. The maximum absolute atomic E-state index is 12.9. The molecule has 1 fully saturated rings. The highest BCUT2D eigenvalue weighted by Gasteiger charge is 2.32. The zero-order valence-corrected chi connectivity index (χ0v) is 25.1. The lowest BCUT2D eigenvalue weighted by atomic mass is 10.0. The normalized spacial score (nSPS) is 17.0. The van der Waals surface area contributed by atoms with Gasteiger partial charge in [-0.1, -0.05) is 13.3 Å². The van der Waals surface area contributed by atoms with Crippen molar-refractivity contribution in [1.82, 2.24) is 29.8 Å². The second kappa shape index (κ2) is 12.8. The van der Waals surface area contributed by atoms with Gasteiger partial charge in [0.1, 0.15) is 17.2 Å². The largest absolute Gasteiger partial charge is 0.478 e. The smallest absolute Gasteiger partial charge is 0.410 e. The first-order valence-electron chi connectivity index (χ1n) is 14.6. The van der Waals surface area contributed by atoms with Crippen LogP contribution in [0.4, 0.5) is 22.4 Å². The second-order valence-corrected chi connectivity index (χ2v) is 11.5. The Kier molecular flexibility index (Phi) is 9.00. The SMILES string of the molecule is CCCCOc1ccnc(Nc2ccc(-c3nc4c(c(N5CCOC[C@@H]5C)n3)CCN(C(=O)OC(C)(C)C)C4)cn2)n1. The molecule has 12 heteroatoms. The van der Waals surface area contributed by atoms with Gasteiger partial charge in [0, 0.05) is 42.7 Å². The van der Waals surface area contributed by atoms with Crippen LogP contribution in [0.15, 0.2) is 30.6 Å². The Balaban J connectivity index is 1.40. The number of morpholine rings is 1. The molecule has 0 aromatic carbocycles. The third kappa shape index (κ3) is 7.22. The van der Waals surface area contributed by atoms with Gasteiger partial charge in [0.2, 0.25) is 11.8 Å². The molecule has 12 nitrogen and oxygen atoms in total. The number of nitrogens with one attached hydrogen (secondary N) is 1. The molecular formula is C30H40N8O4. The molecule has 1 atom stereocenters. The summed E-state index contributed by atoms with van der Waals surface area (Å²) in [5.41, 5.74) is 2.08. The second-order valence-electron chi connectivity index (χ2n) is 11.5. The van der Waals surface area contributed by atoms with E-state index in [1.807, 2.05) is 32.9 Å². The predicted molar refractivity (Wildman–Crippen MR) is 159 cm³/mol. The van der Waals surface area contributed by atoms with Gasteiger partial charge in [-0.2, -0.15) is 4.98 Å². The molecule has 3 aromatic rings. The summed E-state index contributed by atoms with van der Waals surface area (Å²) < 4.78 is 17.0. The summed E-state index contributed by atoms with van der Waals surface area (Å²) in [4.78, 5) is 40.1. The fourth-order valence-corrected chi connectivity index (χ4v) is 4.82. The van der Waals surface area contributed by atoms with Gasteiger partial charge >= 0.3 is 6.09 Å². The van der Waals surface area contributed by atoms with Gasteiger partial charge in [-0.05, 0) is 52.7 Å². The fraction of sp³-hybridized carbons (Fsp3) is 0.533. The average molecular weight is 577 g/mol. The monoisotopic (exact) mass is 576 g/mol. The van der Waals surface area contributed by atoms with Crippen molar-refractivity contribution in [3.05, 3.63) is 41.9 Å². The van der Waals surface area contributed by atoms with Crippen molar-refractivity contribution < 1.29 is 19.0 Å². The first-order valence-corrected chi connectivity index (χ1v) is 14.6. The highest BCUT2D eigenvalue weighted by molar-refractivity contribution is 5.70. The average Bonchev–Trinajstić information content (AvgIpc) is 2.96. The Labute approximate surface area is 246 Å². The Hall–Kier alpha value is -4.06. The molecule has 1 N–H and O–H groups in total. The Morgan fingerprint density at radius 1 is 1.14 bits per heavy atom. The highest BCUT2D eigenvalue weighted by Crippen LogP contribution is 2.32. The van der Waals surface area contributed by atoms with Gasteiger partial charge < -0.3 is 29.3 Å². The molecule has 224 valence electrons. The van der Waals surface area contributed by atoms with Crippen molar-refractivity contribution in [2.45, 2.75) is 72.1 Å². The molecule has 2 aliphatic heterocycles. The lowest BCUT2D eigenvalue weighted by Gasteiger charge is -2.38. The van der Waals surface area contributed by atoms with Gasteiger partial charge in [-0.3, -0.25) is 0 Å². The van der Waals surface area contributed by atoms with E-state index in [1.54, 1.807) is 23.4 Å². The van der Waals surface area contributed by atoms with Crippen LogP contribution in [0.2, 0.25) is 0 Å². The number of hydrogen-bond acceptors (Lipinski definition) is 11. The maximum Gasteiger partial charge on any atom is 0.410 e. The van der Waals surface area contributed by atoms with E-state index in [9.17, 15) is 4.79 Å². The number of ether oxygens (including phenoxy) is 3. The number of aromatic nitrogens is 5. The number of carbonyl (C=O) groups is 1. The van der Waals surface area contributed by atoms with Crippen LogP contribution in [0.3, 0.4) is 0 Å². The van der Waals surface area contributed by atoms with E-state index in [1.165, 1.54) is 0 Å². The molecule has 3 aromatic heterocycles. The van der Waals surface area contributed by atoms with Crippen LogP contribution in [0.25, 0.3) is 11.4 Å². The Morgan fingerprint density at radius 3 is 2.74 bits per heavy atom. The fourth-order valence-electron chi connectivity index (χ4n) is 4.82. The predicted octanol–water partition coefficient (Wildman–Crippen LogP) is 4.77. The van der Waals surface area contributed by atoms with E-state index in [2.05, 4.69) is 39.0 Å². The number of fused-ring (bicyclic) bond motifs is 1. The van der Waals surface area contributed by atoms with Gasteiger partial charge in [0.25, 0.3) is 0 Å². The number of amides is 1. The van der Waals surface area contributed by atoms with Gasteiger partial charge in [0.15, 0.2) is 5.82 Å². The van der Waals surface area contributed by atoms with Crippen molar-refractivity contribution in [2.24, 2.45) is 0 Å². The molecule has 0 radical (unpaired) electrons. The Morgan fingerprint density at radius 2 is 2.00 bits per heavy atom. The van der Waals surface area contributed by atoms with E-state index in [0.29, 0.717) is 62.8 Å². The molecule has 1 saturated heterocycles. The van der Waals surface area contributed by atoms with Crippen LogP contribution in [-0.4, -0.2) is 80.5 Å². The molecule has 42 heavy (non-hydrogen) atoms. The molecular weight excluding hydrogens is 536 g/mol. The van der Waals surface area contributed by atoms with Crippen LogP contribution in [0.1, 0.15) is 58.7 Å². The van der Waals surface area contributed by atoms with Crippen LogP contribution in [-0.2, 0) is 22.4 Å². The molecule has 0 spiro atoms. The minimum Gasteiger partial charge on any atom is -0.478 e. The summed E-state index contributed by atoms with van der Waals surface area (Å²) in [5.74, 6) is 2.95. The molecule has 5 rings (SSSR count). The number of rotatable bonds is 8. The summed E-state index contributed by atoms with van der Waals surface area (Å²) >= 11 is 0. The maximum atomic E-state index is 12.9. The number of unbranched alkanes of at least 4 members (excludes halogenated alkanes) is 1. The van der Waals surface area contributed by atoms with Crippen LogP contribution in [0, 0.1) is 0 Å². The molecule has 2 aliphatic rings. The number of carbonyl (C=O) groups excluding carboxylic acids is 1. The van der Waals surface area contributed by atoms with Crippen molar-refractivity contribution in [2.75, 3.05) is 43.1 Å². The Bertz CT molecular complexity index is 1380. The van der Waals surface area contributed by atoms with Gasteiger partial charge in [-0.25, -0.2) is 24.7 Å². The number of pyridine rings is 1. The van der Waals surface area contributed by atoms with E-state index < -0.39 is 5.60 Å². The quantitative estimate of drug-likeness (QED) is 0.373. The van der Waals surface area contributed by atoms with E-state index in [-0.39, 0.29) is 12.1 Å². The molecule has 0 unspecified atom stereocenters. The molecule has 0 aliphatic carbocycles. The lowest BCUT2D eigenvalue weighted by molar-refractivity contribution is 0.0220. The molecule has 0 bridgehead atoms. The third-order valence-electron chi connectivity index (χ3n) is 6.97. The first-order chi connectivity index (χ1) is 20.2. The zero-order valence-electron chi connectivity index (χ0n) is 25.1. The first kappa shape index (κ1) is 29.4. The van der Waals surface area contributed by atoms with E-state index >= 15 is 0 Å². The van der Waals surface area contributed by atoms with Crippen molar-refractivity contribution >= 4 is 23.7 Å². The van der Waals surface area contributed by atoms with Gasteiger partial charge in [-0.15, -0.1) is 0 Å². The van der Waals surface area contributed by atoms with E-state index in [4.69, 9.17) is 24.2 Å². The molecule has 5 heterocycles. The number of nitrogens with zero attached hydrogens (tertiary/aromatic N) is 7. The summed E-state index contributed by atoms with van der Waals surface area (Å²) in [5, 5.41) is 3.13. The molecule has 0 saturated carbocycles. The van der Waals surface area contributed by atoms with Crippen molar-refractivity contribution in [3.8, 4) is 17.3 Å². The van der Waals surface area contributed by atoms with Gasteiger partial charge in [0.05, 0.1) is 38.1 Å². The third-order valence-corrected chi connectivity index (χ3v) is 6.97. The topological polar surface area (TPSA) is 128 Å². The van der Waals surface area contributed by atoms with Crippen LogP contribution in [0.5, 0.6) is 5.88 Å². The highest BCUT2D eigenvalue weighted by atomic mass is 16.6. The number of anilines is 3. The minimum absolute atomic E-state index is 0.168. The van der Waals surface area contributed by atoms with Crippen molar-refractivity contribution in [3.63, 3.8) is 0 Å². The van der Waals surface area contributed by atoms with Crippen LogP contribution >= 0.6 is 0 Å². The lowest BCUT2D eigenvalue weighted by Crippen LogP contribution is -2.46. The van der Waals surface area contributed by atoms with Crippen LogP contribution < -0.4 is 15.0 Å². The summed E-state index contributed by atoms with van der Waals surface area (Å²) in [6.45, 7) is 13.4. The number of hydrogen-bond donors (Lipinski definition) is 1. The van der Waals surface area contributed by atoms with E-state index in [0.717, 1.165) is 42.0 Å². The zero-order chi connectivity index (χ0) is 29.7. The standard InChI is InChI=1S/C30H40N8O4/c1-6-7-15-41-25-10-12-31-28(35-25)34-24-9-8-21(17-32-24)26-33-23-18-37(29(39)42-30(3,4)5)13-11-22(23)27(36-26)38-14-16-40-19-20(38)2/h8-10,12,17,20H,6-7,11,13-16,18-19H2,1-5H3,(H,31,32,34,35)/t20-/m0/s1. The minimum atomic E-state index is -0.571. The summed E-state index contributed by atoms with van der Waals surface area (Å²) in [7, 11) is 0. The van der Waals surface area contributed by atoms with Crippen molar-refractivity contribution in [1.29, 1.82) is 0 Å².